The van der Waals surface area contributed by atoms with Gasteiger partial charge in [-0.2, -0.15) is 0 Å². The lowest BCUT2D eigenvalue weighted by molar-refractivity contribution is -0.116. The van der Waals surface area contributed by atoms with Gasteiger partial charge in [-0.3, -0.25) is 9.59 Å². The van der Waals surface area contributed by atoms with Crippen LogP contribution in [0.4, 0.5) is 11.4 Å². The number of carbonyl (C=O) groups excluding carboxylic acids is 2. The Kier molecular flexibility index (Phi) is 9.45. The van der Waals surface area contributed by atoms with Crippen LogP contribution in [-0.4, -0.2) is 24.9 Å². The molecule has 164 valence electrons. The lowest BCUT2D eigenvalue weighted by atomic mass is 10.1. The molecule has 6 nitrogen and oxygen atoms in total. The number of carbonyl (C=O) groups is 2. The van der Waals surface area contributed by atoms with Gasteiger partial charge in [-0.25, -0.2) is 0 Å². The van der Waals surface area contributed by atoms with E-state index >= 15 is 0 Å². The fraction of sp³-hybridized carbons (Fsp3) is 0.500. The molecule has 30 heavy (non-hydrogen) atoms. The quantitative estimate of drug-likeness (QED) is 0.501. The largest absolute Gasteiger partial charge is 0.467 e. The van der Waals surface area contributed by atoms with Crippen molar-refractivity contribution in [1.29, 1.82) is 0 Å². The standard InChI is InChI=1S/C24H35N3O3/c1-5-7-13-27(17-20-9-8-14-30-20)22-11-10-19(26-23(28)15-18(3)4)16-21(22)24(29)25-12-6-2/h8-11,14,16,18H,5-7,12-13,15,17H2,1-4H3,(H,25,29)(H,26,28). The van der Waals surface area contributed by atoms with Crippen molar-refractivity contribution in [1.82, 2.24) is 5.32 Å². The van der Waals surface area contributed by atoms with E-state index in [1.807, 2.05) is 45.0 Å². The van der Waals surface area contributed by atoms with Crippen molar-refractivity contribution >= 4 is 23.2 Å². The molecule has 0 radical (unpaired) electrons. The Morgan fingerprint density at radius 2 is 1.93 bits per heavy atom. The number of anilines is 2. The molecule has 0 aliphatic heterocycles. The van der Waals surface area contributed by atoms with Crippen LogP contribution in [0.2, 0.25) is 0 Å². The molecule has 1 heterocycles. The van der Waals surface area contributed by atoms with Gasteiger partial charge in [0.05, 0.1) is 24.1 Å². The number of unbranched alkanes of at least 4 members (excludes halogenated alkanes) is 1. The molecular weight excluding hydrogens is 378 g/mol. The van der Waals surface area contributed by atoms with Crippen LogP contribution in [0.5, 0.6) is 0 Å². The highest BCUT2D eigenvalue weighted by molar-refractivity contribution is 6.02. The molecule has 0 fully saturated rings. The van der Waals surface area contributed by atoms with Crippen molar-refractivity contribution in [3.8, 4) is 0 Å². The highest BCUT2D eigenvalue weighted by Crippen LogP contribution is 2.27. The number of rotatable bonds is 12. The smallest absolute Gasteiger partial charge is 0.253 e. The Labute approximate surface area is 180 Å². The average Bonchev–Trinajstić information content (AvgIpc) is 3.22. The number of nitrogens with one attached hydrogen (secondary N) is 2. The zero-order valence-electron chi connectivity index (χ0n) is 18.7. The number of hydrogen-bond donors (Lipinski definition) is 2. The van der Waals surface area contributed by atoms with E-state index in [0.29, 0.717) is 30.8 Å². The van der Waals surface area contributed by atoms with Crippen LogP contribution in [0.1, 0.15) is 69.5 Å². The molecule has 2 N–H and O–H groups in total. The van der Waals surface area contributed by atoms with Crippen LogP contribution in [0.3, 0.4) is 0 Å². The molecule has 1 aromatic heterocycles. The molecule has 1 aromatic carbocycles. The molecule has 2 aromatic rings. The van der Waals surface area contributed by atoms with Gasteiger partial charge in [-0.15, -0.1) is 0 Å². The summed E-state index contributed by atoms with van der Waals surface area (Å²) in [6.45, 7) is 10.2. The summed E-state index contributed by atoms with van der Waals surface area (Å²) < 4.78 is 5.54. The number of amides is 2. The fourth-order valence-electron chi connectivity index (χ4n) is 3.21. The van der Waals surface area contributed by atoms with Gasteiger partial charge in [0.1, 0.15) is 5.76 Å². The maximum Gasteiger partial charge on any atom is 0.253 e. The first kappa shape index (κ1) is 23.5. The van der Waals surface area contributed by atoms with E-state index in [1.165, 1.54) is 0 Å². The van der Waals surface area contributed by atoms with E-state index in [1.54, 1.807) is 12.3 Å². The SMILES string of the molecule is CCCCN(Cc1ccco1)c1ccc(NC(=O)CC(C)C)cc1C(=O)NCCC. The van der Waals surface area contributed by atoms with Gasteiger partial charge in [0.15, 0.2) is 0 Å². The molecule has 0 aliphatic carbocycles. The first-order chi connectivity index (χ1) is 14.4. The molecule has 6 heteroatoms. The van der Waals surface area contributed by atoms with Crippen molar-refractivity contribution in [3.63, 3.8) is 0 Å². The minimum absolute atomic E-state index is 0.0453. The third kappa shape index (κ3) is 7.25. The fourth-order valence-corrected chi connectivity index (χ4v) is 3.21. The Bertz CT molecular complexity index is 800. The Hall–Kier alpha value is -2.76. The second-order valence-electron chi connectivity index (χ2n) is 7.99. The van der Waals surface area contributed by atoms with Crippen LogP contribution in [0.15, 0.2) is 41.0 Å². The first-order valence-electron chi connectivity index (χ1n) is 10.9. The van der Waals surface area contributed by atoms with Gasteiger partial charge in [-0.05, 0) is 49.1 Å². The monoisotopic (exact) mass is 413 g/mol. The maximum atomic E-state index is 12.9. The topological polar surface area (TPSA) is 74.6 Å². The molecular formula is C24H35N3O3. The van der Waals surface area contributed by atoms with Gasteiger partial charge < -0.3 is 20.0 Å². The van der Waals surface area contributed by atoms with Gasteiger partial charge in [-0.1, -0.05) is 34.1 Å². The normalized spacial score (nSPS) is 10.8. The van der Waals surface area contributed by atoms with Gasteiger partial charge in [0.2, 0.25) is 5.91 Å². The van der Waals surface area contributed by atoms with E-state index < -0.39 is 0 Å². The number of benzene rings is 1. The van der Waals surface area contributed by atoms with Crippen LogP contribution >= 0.6 is 0 Å². The summed E-state index contributed by atoms with van der Waals surface area (Å²) in [5, 5.41) is 5.89. The molecule has 0 spiro atoms. The van der Waals surface area contributed by atoms with E-state index in [-0.39, 0.29) is 17.7 Å². The molecule has 0 unspecified atom stereocenters. The van der Waals surface area contributed by atoms with E-state index in [2.05, 4.69) is 22.5 Å². The van der Waals surface area contributed by atoms with E-state index in [0.717, 1.165) is 37.3 Å². The zero-order valence-corrected chi connectivity index (χ0v) is 18.7. The van der Waals surface area contributed by atoms with Crippen molar-refractivity contribution in [3.05, 3.63) is 47.9 Å². The van der Waals surface area contributed by atoms with Crippen molar-refractivity contribution in [2.24, 2.45) is 5.92 Å². The second kappa shape index (κ2) is 12.1. The minimum Gasteiger partial charge on any atom is -0.467 e. The van der Waals surface area contributed by atoms with Gasteiger partial charge >= 0.3 is 0 Å². The van der Waals surface area contributed by atoms with Gasteiger partial charge in [0.25, 0.3) is 5.91 Å². The summed E-state index contributed by atoms with van der Waals surface area (Å²) in [4.78, 5) is 27.3. The number of nitrogens with zero attached hydrogens (tertiary/aromatic N) is 1. The second-order valence-corrected chi connectivity index (χ2v) is 7.99. The summed E-state index contributed by atoms with van der Waals surface area (Å²) in [6, 6.07) is 9.38. The van der Waals surface area contributed by atoms with Crippen LogP contribution in [0, 0.1) is 5.92 Å². The summed E-state index contributed by atoms with van der Waals surface area (Å²) in [5.41, 5.74) is 2.04. The summed E-state index contributed by atoms with van der Waals surface area (Å²) in [7, 11) is 0. The molecule has 2 amide bonds. The molecule has 0 aliphatic rings. The highest BCUT2D eigenvalue weighted by Gasteiger charge is 2.19. The molecule has 0 saturated carbocycles. The Morgan fingerprint density at radius 3 is 2.57 bits per heavy atom. The maximum absolute atomic E-state index is 12.9. The number of hydrogen-bond acceptors (Lipinski definition) is 4. The summed E-state index contributed by atoms with van der Waals surface area (Å²) in [6.07, 6.45) is 5.02. The predicted octanol–water partition coefficient (Wildman–Crippen LogP) is 5.21. The van der Waals surface area contributed by atoms with E-state index in [9.17, 15) is 9.59 Å². The third-order valence-electron chi connectivity index (χ3n) is 4.70. The van der Waals surface area contributed by atoms with Crippen LogP contribution in [0.25, 0.3) is 0 Å². The molecule has 0 bridgehead atoms. The first-order valence-corrected chi connectivity index (χ1v) is 10.9. The third-order valence-corrected chi connectivity index (χ3v) is 4.70. The predicted molar refractivity (Wildman–Crippen MR) is 122 cm³/mol. The highest BCUT2D eigenvalue weighted by atomic mass is 16.3. The van der Waals surface area contributed by atoms with Crippen LogP contribution in [-0.2, 0) is 11.3 Å². The summed E-state index contributed by atoms with van der Waals surface area (Å²) in [5.74, 6) is 0.943. The summed E-state index contributed by atoms with van der Waals surface area (Å²) >= 11 is 0. The van der Waals surface area contributed by atoms with Crippen molar-refractivity contribution in [2.75, 3.05) is 23.3 Å². The van der Waals surface area contributed by atoms with Crippen LogP contribution < -0.4 is 15.5 Å². The van der Waals surface area contributed by atoms with Crippen molar-refractivity contribution in [2.45, 2.75) is 59.9 Å². The number of furan rings is 1. The minimum atomic E-state index is -0.132. The van der Waals surface area contributed by atoms with E-state index in [4.69, 9.17) is 4.42 Å². The Morgan fingerprint density at radius 1 is 1.13 bits per heavy atom. The molecule has 2 rings (SSSR count). The average molecular weight is 414 g/mol. The Balaban J connectivity index is 2.35. The molecule has 0 atom stereocenters. The van der Waals surface area contributed by atoms with Gasteiger partial charge in [0, 0.05) is 25.2 Å². The lowest BCUT2D eigenvalue weighted by Gasteiger charge is -2.26. The van der Waals surface area contributed by atoms with Crippen molar-refractivity contribution < 1.29 is 14.0 Å². The lowest BCUT2D eigenvalue weighted by Crippen LogP contribution is -2.30. The zero-order chi connectivity index (χ0) is 21.9. The molecule has 0 saturated heterocycles.